The van der Waals surface area contributed by atoms with Gasteiger partial charge in [0.25, 0.3) is 0 Å². The summed E-state index contributed by atoms with van der Waals surface area (Å²) in [4.78, 5) is 0. The van der Waals surface area contributed by atoms with Gasteiger partial charge in [-0.15, -0.1) is 0 Å². The highest BCUT2D eigenvalue weighted by molar-refractivity contribution is 8.00. The van der Waals surface area contributed by atoms with Crippen molar-refractivity contribution in [1.29, 1.82) is 0 Å². The second-order valence-electron chi connectivity index (χ2n) is 5.20. The molecular weight excluding hydrogens is 226 g/mol. The maximum absolute atomic E-state index is 3.71. The van der Waals surface area contributed by atoms with E-state index in [0.717, 1.165) is 6.54 Å². The van der Waals surface area contributed by atoms with Gasteiger partial charge in [-0.2, -0.15) is 11.8 Å². The van der Waals surface area contributed by atoms with Crippen LogP contribution in [0, 0.1) is 6.92 Å². The lowest BCUT2D eigenvalue weighted by molar-refractivity contribution is 0.334. The molecule has 0 bridgehead atoms. The highest BCUT2D eigenvalue weighted by Crippen LogP contribution is 2.42. The van der Waals surface area contributed by atoms with Gasteiger partial charge in [0.1, 0.15) is 0 Å². The van der Waals surface area contributed by atoms with E-state index in [4.69, 9.17) is 0 Å². The third-order valence-corrected chi connectivity index (χ3v) is 5.50. The van der Waals surface area contributed by atoms with Gasteiger partial charge in [0, 0.05) is 17.3 Å². The standard InChI is InChI=1S/C15H23NS/c1-12-7-4-5-8-14(12)13(2)16-11-15(17-3)9-6-10-15/h4-5,7-8,13,16H,6,9-11H2,1-3H3. The van der Waals surface area contributed by atoms with E-state index in [0.29, 0.717) is 10.8 Å². The molecule has 1 aromatic rings. The molecule has 1 nitrogen and oxygen atoms in total. The molecule has 0 aliphatic heterocycles. The molecule has 1 unspecified atom stereocenters. The second kappa shape index (κ2) is 5.45. The molecule has 0 aromatic heterocycles. The molecular formula is C15H23NS. The molecule has 1 fully saturated rings. The number of benzene rings is 1. The van der Waals surface area contributed by atoms with Crippen molar-refractivity contribution >= 4 is 11.8 Å². The Bertz CT molecular complexity index is 365. The zero-order chi connectivity index (χ0) is 12.3. The minimum atomic E-state index is 0.459. The van der Waals surface area contributed by atoms with Gasteiger partial charge in [0.2, 0.25) is 0 Å². The van der Waals surface area contributed by atoms with Crippen molar-refractivity contribution in [3.8, 4) is 0 Å². The van der Waals surface area contributed by atoms with Gasteiger partial charge in [-0.3, -0.25) is 0 Å². The third-order valence-electron chi connectivity index (χ3n) is 4.08. The first-order chi connectivity index (χ1) is 8.17. The van der Waals surface area contributed by atoms with Crippen LogP contribution in [0.2, 0.25) is 0 Å². The fourth-order valence-electron chi connectivity index (χ4n) is 2.55. The summed E-state index contributed by atoms with van der Waals surface area (Å²) in [5.41, 5.74) is 2.82. The van der Waals surface area contributed by atoms with E-state index in [-0.39, 0.29) is 0 Å². The summed E-state index contributed by atoms with van der Waals surface area (Å²) in [6, 6.07) is 9.14. The Balaban J connectivity index is 1.93. The van der Waals surface area contributed by atoms with Crippen LogP contribution in [0.15, 0.2) is 24.3 Å². The molecule has 0 spiro atoms. The smallest absolute Gasteiger partial charge is 0.0294 e. The quantitative estimate of drug-likeness (QED) is 0.848. The van der Waals surface area contributed by atoms with Crippen LogP contribution in [-0.4, -0.2) is 17.5 Å². The Morgan fingerprint density at radius 2 is 2.06 bits per heavy atom. The van der Waals surface area contributed by atoms with E-state index in [1.807, 2.05) is 11.8 Å². The fourth-order valence-corrected chi connectivity index (χ4v) is 3.47. The number of hydrogen-bond donors (Lipinski definition) is 1. The Labute approximate surface area is 109 Å². The first kappa shape index (κ1) is 13.0. The molecule has 1 N–H and O–H groups in total. The van der Waals surface area contributed by atoms with Crippen LogP contribution in [-0.2, 0) is 0 Å². The van der Waals surface area contributed by atoms with Crippen LogP contribution in [0.5, 0.6) is 0 Å². The van der Waals surface area contributed by atoms with E-state index < -0.39 is 0 Å². The molecule has 0 saturated heterocycles. The van der Waals surface area contributed by atoms with Gasteiger partial charge in [-0.1, -0.05) is 30.7 Å². The Hall–Kier alpha value is -0.470. The summed E-state index contributed by atoms with van der Waals surface area (Å²) in [5.74, 6) is 0. The second-order valence-corrected chi connectivity index (χ2v) is 6.47. The number of nitrogens with one attached hydrogen (secondary N) is 1. The number of rotatable bonds is 5. The van der Waals surface area contributed by atoms with E-state index in [1.165, 1.54) is 30.4 Å². The first-order valence-electron chi connectivity index (χ1n) is 6.51. The van der Waals surface area contributed by atoms with Crippen molar-refractivity contribution < 1.29 is 0 Å². The highest BCUT2D eigenvalue weighted by Gasteiger charge is 2.35. The predicted octanol–water partition coefficient (Wildman–Crippen LogP) is 3.93. The molecule has 1 aliphatic rings. The average Bonchev–Trinajstić information content (AvgIpc) is 2.28. The molecule has 2 rings (SSSR count). The lowest BCUT2D eigenvalue weighted by atomic mass is 9.84. The Morgan fingerprint density at radius 3 is 2.59 bits per heavy atom. The monoisotopic (exact) mass is 249 g/mol. The lowest BCUT2D eigenvalue weighted by Gasteiger charge is -2.41. The first-order valence-corrected chi connectivity index (χ1v) is 7.73. The lowest BCUT2D eigenvalue weighted by Crippen LogP contribution is -2.44. The van der Waals surface area contributed by atoms with Crippen LogP contribution in [0.25, 0.3) is 0 Å². The molecule has 1 atom stereocenters. The summed E-state index contributed by atoms with van der Waals surface area (Å²) in [5, 5.41) is 3.71. The molecule has 1 aliphatic carbocycles. The summed E-state index contributed by atoms with van der Waals surface area (Å²) in [6.45, 7) is 5.61. The Morgan fingerprint density at radius 1 is 1.35 bits per heavy atom. The SMILES string of the molecule is CSC1(CNC(C)c2ccccc2C)CCC1. The van der Waals surface area contributed by atoms with Gasteiger partial charge in [-0.25, -0.2) is 0 Å². The van der Waals surface area contributed by atoms with Crippen molar-refractivity contribution in [3.63, 3.8) is 0 Å². The molecule has 0 radical (unpaired) electrons. The zero-order valence-electron chi connectivity index (χ0n) is 11.1. The largest absolute Gasteiger partial charge is 0.309 e. The Kier molecular flexibility index (Phi) is 4.16. The highest BCUT2D eigenvalue weighted by atomic mass is 32.2. The number of hydrogen-bond acceptors (Lipinski definition) is 2. The molecule has 0 heterocycles. The molecule has 2 heteroatoms. The maximum atomic E-state index is 3.71. The van der Waals surface area contributed by atoms with Crippen LogP contribution in [0.4, 0.5) is 0 Å². The van der Waals surface area contributed by atoms with Crippen molar-refractivity contribution in [1.82, 2.24) is 5.32 Å². The number of thioether (sulfide) groups is 1. The molecule has 94 valence electrons. The summed E-state index contributed by atoms with van der Waals surface area (Å²) in [6.07, 6.45) is 6.41. The van der Waals surface area contributed by atoms with E-state index in [9.17, 15) is 0 Å². The van der Waals surface area contributed by atoms with Gasteiger partial charge in [-0.05, 0) is 44.1 Å². The normalized spacial score (nSPS) is 19.7. The van der Waals surface area contributed by atoms with Crippen LogP contribution >= 0.6 is 11.8 Å². The van der Waals surface area contributed by atoms with Crippen molar-refractivity contribution in [2.45, 2.75) is 43.9 Å². The average molecular weight is 249 g/mol. The van der Waals surface area contributed by atoms with E-state index in [1.54, 1.807) is 0 Å². The van der Waals surface area contributed by atoms with Gasteiger partial charge in [0.15, 0.2) is 0 Å². The third kappa shape index (κ3) is 2.86. The van der Waals surface area contributed by atoms with E-state index in [2.05, 4.69) is 49.7 Å². The topological polar surface area (TPSA) is 12.0 Å². The van der Waals surface area contributed by atoms with Crippen LogP contribution in [0.1, 0.15) is 43.4 Å². The molecule has 1 aromatic carbocycles. The zero-order valence-corrected chi connectivity index (χ0v) is 11.9. The molecule has 17 heavy (non-hydrogen) atoms. The van der Waals surface area contributed by atoms with Gasteiger partial charge >= 0.3 is 0 Å². The summed E-state index contributed by atoms with van der Waals surface area (Å²) < 4.78 is 0.525. The van der Waals surface area contributed by atoms with Gasteiger partial charge in [0.05, 0.1) is 0 Å². The fraction of sp³-hybridized carbons (Fsp3) is 0.600. The van der Waals surface area contributed by atoms with E-state index >= 15 is 0 Å². The predicted molar refractivity (Wildman–Crippen MR) is 77.7 cm³/mol. The van der Waals surface area contributed by atoms with Gasteiger partial charge < -0.3 is 5.32 Å². The van der Waals surface area contributed by atoms with Crippen LogP contribution < -0.4 is 5.32 Å². The minimum Gasteiger partial charge on any atom is -0.309 e. The van der Waals surface area contributed by atoms with Crippen molar-refractivity contribution in [3.05, 3.63) is 35.4 Å². The van der Waals surface area contributed by atoms with Crippen molar-refractivity contribution in [2.75, 3.05) is 12.8 Å². The maximum Gasteiger partial charge on any atom is 0.0294 e. The number of aryl methyl sites for hydroxylation is 1. The van der Waals surface area contributed by atoms with Crippen molar-refractivity contribution in [2.24, 2.45) is 0 Å². The molecule has 0 amide bonds. The minimum absolute atomic E-state index is 0.459. The summed E-state index contributed by atoms with van der Waals surface area (Å²) >= 11 is 2.04. The van der Waals surface area contributed by atoms with Crippen LogP contribution in [0.3, 0.4) is 0 Å². The summed E-state index contributed by atoms with van der Waals surface area (Å²) in [7, 11) is 0. The molecule has 1 saturated carbocycles.